The Morgan fingerprint density at radius 1 is 1.28 bits per heavy atom. The van der Waals surface area contributed by atoms with Crippen LogP contribution in [0.1, 0.15) is 10.4 Å². The van der Waals surface area contributed by atoms with Crippen molar-refractivity contribution in [3.05, 3.63) is 35.4 Å². The molecule has 0 unspecified atom stereocenters. The first-order chi connectivity index (χ1) is 8.47. The van der Waals surface area contributed by atoms with Crippen LogP contribution in [0.4, 0.5) is 17.6 Å². The Morgan fingerprint density at radius 3 is 2.28 bits per heavy atom. The number of benzene rings is 1. The maximum atomic E-state index is 13.3. The Balaban J connectivity index is 3.01. The summed E-state index contributed by atoms with van der Waals surface area (Å²) in [7, 11) is 0. The van der Waals surface area contributed by atoms with Crippen LogP contribution < -0.4 is 0 Å². The van der Waals surface area contributed by atoms with Gasteiger partial charge in [0.05, 0.1) is 13.2 Å². The van der Waals surface area contributed by atoms with Gasteiger partial charge in [-0.2, -0.15) is 0 Å². The molecule has 1 N–H and O–H groups in total. The molecule has 0 aromatic heterocycles. The molecule has 0 aliphatic rings. The smallest absolute Gasteiger partial charge is 0.260 e. The minimum Gasteiger partial charge on any atom is -0.395 e. The summed E-state index contributed by atoms with van der Waals surface area (Å²) in [4.78, 5) is 12.2. The molecule has 0 saturated carbocycles. The van der Waals surface area contributed by atoms with E-state index in [4.69, 9.17) is 5.11 Å². The Labute approximate surface area is 101 Å². The van der Waals surface area contributed by atoms with Gasteiger partial charge in [0.1, 0.15) is 17.2 Å². The topological polar surface area (TPSA) is 40.5 Å². The zero-order valence-corrected chi connectivity index (χ0v) is 9.25. The Morgan fingerprint density at radius 2 is 1.83 bits per heavy atom. The van der Waals surface area contributed by atoms with Gasteiger partial charge in [0.2, 0.25) is 0 Å². The SMILES string of the molecule is O=C(c1c(F)cccc1F)N(CCO)CC(F)F. The number of aliphatic hydroxyl groups is 1. The van der Waals surface area contributed by atoms with E-state index in [2.05, 4.69) is 0 Å². The van der Waals surface area contributed by atoms with Gasteiger partial charge in [-0.25, -0.2) is 17.6 Å². The highest BCUT2D eigenvalue weighted by Crippen LogP contribution is 2.15. The number of aliphatic hydroxyl groups excluding tert-OH is 1. The van der Waals surface area contributed by atoms with Gasteiger partial charge < -0.3 is 10.0 Å². The van der Waals surface area contributed by atoms with Crippen LogP contribution in [0, 0.1) is 11.6 Å². The van der Waals surface area contributed by atoms with Crippen molar-refractivity contribution in [1.82, 2.24) is 4.90 Å². The first-order valence-electron chi connectivity index (χ1n) is 5.09. The van der Waals surface area contributed by atoms with E-state index in [1.165, 1.54) is 0 Å². The zero-order valence-electron chi connectivity index (χ0n) is 9.25. The highest BCUT2D eigenvalue weighted by atomic mass is 19.3. The molecule has 1 rings (SSSR count). The normalized spacial score (nSPS) is 10.8. The van der Waals surface area contributed by atoms with Crippen LogP contribution in [0.3, 0.4) is 0 Å². The van der Waals surface area contributed by atoms with Gasteiger partial charge in [-0.3, -0.25) is 4.79 Å². The fourth-order valence-corrected chi connectivity index (χ4v) is 1.42. The van der Waals surface area contributed by atoms with Crippen molar-refractivity contribution >= 4 is 5.91 Å². The third-order valence-electron chi connectivity index (χ3n) is 2.19. The van der Waals surface area contributed by atoms with Crippen LogP contribution in [-0.2, 0) is 0 Å². The highest BCUT2D eigenvalue weighted by molar-refractivity contribution is 5.94. The molecule has 0 fully saturated rings. The average Bonchev–Trinajstić information content (AvgIpc) is 2.27. The van der Waals surface area contributed by atoms with Crippen molar-refractivity contribution in [3.8, 4) is 0 Å². The fraction of sp³-hybridized carbons (Fsp3) is 0.364. The number of rotatable bonds is 5. The van der Waals surface area contributed by atoms with Crippen molar-refractivity contribution in [3.63, 3.8) is 0 Å². The van der Waals surface area contributed by atoms with E-state index in [0.717, 1.165) is 18.2 Å². The molecule has 3 nitrogen and oxygen atoms in total. The van der Waals surface area contributed by atoms with Crippen molar-refractivity contribution in [2.75, 3.05) is 19.7 Å². The van der Waals surface area contributed by atoms with Gasteiger partial charge in [0, 0.05) is 6.54 Å². The number of alkyl halides is 2. The van der Waals surface area contributed by atoms with E-state index in [9.17, 15) is 22.4 Å². The lowest BCUT2D eigenvalue weighted by Crippen LogP contribution is -2.38. The van der Waals surface area contributed by atoms with Crippen LogP contribution in [0.5, 0.6) is 0 Å². The summed E-state index contributed by atoms with van der Waals surface area (Å²) < 4.78 is 51.0. The number of halogens is 4. The fourth-order valence-electron chi connectivity index (χ4n) is 1.42. The second-order valence-electron chi connectivity index (χ2n) is 3.46. The van der Waals surface area contributed by atoms with Crippen LogP contribution in [0.2, 0.25) is 0 Å². The van der Waals surface area contributed by atoms with E-state index >= 15 is 0 Å². The summed E-state index contributed by atoms with van der Waals surface area (Å²) in [5.74, 6) is -3.46. The number of carbonyl (C=O) groups excluding carboxylic acids is 1. The third kappa shape index (κ3) is 3.43. The number of hydrogen-bond donors (Lipinski definition) is 1. The lowest BCUT2D eigenvalue weighted by Gasteiger charge is -2.21. The van der Waals surface area contributed by atoms with Crippen LogP contribution in [-0.4, -0.2) is 42.0 Å². The van der Waals surface area contributed by atoms with Gasteiger partial charge in [-0.1, -0.05) is 6.07 Å². The maximum Gasteiger partial charge on any atom is 0.260 e. The lowest BCUT2D eigenvalue weighted by atomic mass is 10.1. The second kappa shape index (κ2) is 6.34. The van der Waals surface area contributed by atoms with Gasteiger partial charge in [-0.15, -0.1) is 0 Å². The summed E-state index contributed by atoms with van der Waals surface area (Å²) in [6.45, 7) is -1.99. The van der Waals surface area contributed by atoms with Crippen molar-refractivity contribution in [2.45, 2.75) is 6.43 Å². The Bertz CT molecular complexity index is 405. The van der Waals surface area contributed by atoms with Gasteiger partial charge >= 0.3 is 0 Å². The van der Waals surface area contributed by atoms with E-state index in [1.54, 1.807) is 0 Å². The monoisotopic (exact) mass is 265 g/mol. The molecule has 100 valence electrons. The summed E-state index contributed by atoms with van der Waals surface area (Å²) in [5.41, 5.74) is -0.897. The number of carbonyl (C=O) groups is 1. The van der Waals surface area contributed by atoms with Crippen LogP contribution in [0.25, 0.3) is 0 Å². The molecular weight excluding hydrogens is 254 g/mol. The minimum absolute atomic E-state index is 0.420. The first kappa shape index (κ1) is 14.4. The summed E-state index contributed by atoms with van der Waals surface area (Å²) >= 11 is 0. The molecule has 0 saturated heterocycles. The van der Waals surface area contributed by atoms with Gasteiger partial charge in [0.25, 0.3) is 12.3 Å². The van der Waals surface area contributed by atoms with Crippen molar-refractivity contribution in [1.29, 1.82) is 0 Å². The maximum absolute atomic E-state index is 13.3. The molecule has 0 aliphatic carbocycles. The number of nitrogens with zero attached hydrogens (tertiary/aromatic N) is 1. The van der Waals surface area contributed by atoms with Crippen LogP contribution >= 0.6 is 0 Å². The largest absolute Gasteiger partial charge is 0.395 e. The lowest BCUT2D eigenvalue weighted by molar-refractivity contribution is 0.0501. The molecule has 18 heavy (non-hydrogen) atoms. The van der Waals surface area contributed by atoms with Crippen LogP contribution in [0.15, 0.2) is 18.2 Å². The molecule has 7 heteroatoms. The van der Waals surface area contributed by atoms with Gasteiger partial charge in [0.15, 0.2) is 0 Å². The molecule has 0 spiro atoms. The van der Waals surface area contributed by atoms with E-state index in [1.807, 2.05) is 0 Å². The third-order valence-corrected chi connectivity index (χ3v) is 2.19. The Hall–Kier alpha value is -1.63. The summed E-state index contributed by atoms with van der Waals surface area (Å²) in [6.07, 6.45) is -2.85. The highest BCUT2D eigenvalue weighted by Gasteiger charge is 2.24. The summed E-state index contributed by atoms with van der Waals surface area (Å²) in [6, 6.07) is 2.77. The molecule has 1 aromatic carbocycles. The molecule has 0 radical (unpaired) electrons. The standard InChI is InChI=1S/C11H11F4NO2/c12-7-2-1-3-8(13)10(7)11(18)16(4-5-17)6-9(14)15/h1-3,9,17H,4-6H2. The first-order valence-corrected chi connectivity index (χ1v) is 5.09. The number of amides is 1. The van der Waals surface area contributed by atoms with E-state index in [0.29, 0.717) is 4.90 Å². The predicted molar refractivity (Wildman–Crippen MR) is 55.4 cm³/mol. The zero-order chi connectivity index (χ0) is 13.7. The summed E-state index contributed by atoms with van der Waals surface area (Å²) in [5, 5.41) is 8.66. The Kier molecular flexibility index (Phi) is 5.08. The molecule has 1 aromatic rings. The number of hydrogen-bond acceptors (Lipinski definition) is 2. The molecular formula is C11H11F4NO2. The molecule has 0 bridgehead atoms. The molecule has 1 amide bonds. The molecule has 0 atom stereocenters. The van der Waals surface area contributed by atoms with E-state index < -0.39 is 49.2 Å². The quantitative estimate of drug-likeness (QED) is 0.823. The molecule has 0 heterocycles. The molecule has 0 aliphatic heterocycles. The minimum atomic E-state index is -2.85. The van der Waals surface area contributed by atoms with Crippen molar-refractivity contribution in [2.24, 2.45) is 0 Å². The van der Waals surface area contributed by atoms with Gasteiger partial charge in [-0.05, 0) is 12.1 Å². The van der Waals surface area contributed by atoms with Crippen molar-refractivity contribution < 1.29 is 27.5 Å². The average molecular weight is 265 g/mol. The predicted octanol–water partition coefficient (Wildman–Crippen LogP) is 1.66. The second-order valence-corrected chi connectivity index (χ2v) is 3.46. The van der Waals surface area contributed by atoms with E-state index in [-0.39, 0.29) is 0 Å².